The van der Waals surface area contributed by atoms with Crippen LogP contribution in [0.15, 0.2) is 77.7 Å². The van der Waals surface area contributed by atoms with Gasteiger partial charge >= 0.3 is 5.97 Å². The Kier molecular flexibility index (Phi) is 8.67. The highest BCUT2D eigenvalue weighted by atomic mass is 16.4. The Morgan fingerprint density at radius 2 is 1.76 bits per heavy atom. The number of nitrogens with one attached hydrogen (secondary N) is 1. The van der Waals surface area contributed by atoms with Crippen LogP contribution in [0.3, 0.4) is 0 Å². The zero-order valence-corrected chi connectivity index (χ0v) is 23.9. The topological polar surface area (TPSA) is 88.4 Å². The highest BCUT2D eigenvalue weighted by Gasteiger charge is 2.27. The molecule has 1 amide bonds. The van der Waals surface area contributed by atoms with E-state index in [1.54, 1.807) is 10.8 Å². The van der Waals surface area contributed by atoms with E-state index in [0.717, 1.165) is 59.6 Å². The summed E-state index contributed by atoms with van der Waals surface area (Å²) in [6.45, 7) is 3.99. The van der Waals surface area contributed by atoms with Crippen LogP contribution in [0.4, 0.5) is 0 Å². The van der Waals surface area contributed by atoms with E-state index >= 15 is 0 Å². The molecular weight excluding hydrogens is 512 g/mol. The van der Waals surface area contributed by atoms with Crippen LogP contribution in [0.2, 0.25) is 0 Å². The molecule has 4 aromatic rings. The molecule has 0 aliphatic heterocycles. The fraction of sp³-hybridized carbons (Fsp3) is 0.343. The number of carbonyl (C=O) groups is 2. The van der Waals surface area contributed by atoms with Gasteiger partial charge in [0, 0.05) is 18.2 Å². The first-order valence-electron chi connectivity index (χ1n) is 14.7. The summed E-state index contributed by atoms with van der Waals surface area (Å²) in [7, 11) is 0. The molecular formula is C35H38N2O4. The molecule has 6 heteroatoms. The molecule has 5 rings (SSSR count). The van der Waals surface area contributed by atoms with Gasteiger partial charge in [0.2, 0.25) is 5.91 Å². The largest absolute Gasteiger partial charge is 0.481 e. The Morgan fingerprint density at radius 1 is 0.976 bits per heavy atom. The fourth-order valence-corrected chi connectivity index (χ4v) is 6.04. The molecule has 2 atom stereocenters. The Hall–Kier alpha value is -4.19. The third-order valence-electron chi connectivity index (χ3n) is 8.15. The van der Waals surface area contributed by atoms with E-state index < -0.39 is 18.1 Å². The molecule has 1 aliphatic carbocycles. The van der Waals surface area contributed by atoms with Crippen molar-refractivity contribution < 1.29 is 14.7 Å². The van der Waals surface area contributed by atoms with E-state index in [4.69, 9.17) is 0 Å². The van der Waals surface area contributed by atoms with Gasteiger partial charge in [0.25, 0.3) is 5.56 Å². The summed E-state index contributed by atoms with van der Waals surface area (Å²) >= 11 is 0. The smallest absolute Gasteiger partial charge is 0.305 e. The molecule has 1 heterocycles. The monoisotopic (exact) mass is 550 g/mol. The molecule has 0 saturated carbocycles. The van der Waals surface area contributed by atoms with Crippen molar-refractivity contribution in [3.63, 3.8) is 0 Å². The Balaban J connectivity index is 1.45. The second-order valence-electron chi connectivity index (χ2n) is 11.3. The molecule has 0 saturated heterocycles. The van der Waals surface area contributed by atoms with E-state index in [-0.39, 0.29) is 17.9 Å². The lowest BCUT2D eigenvalue weighted by molar-refractivity contribution is -0.138. The van der Waals surface area contributed by atoms with Crippen molar-refractivity contribution in [1.29, 1.82) is 0 Å². The van der Waals surface area contributed by atoms with E-state index in [0.29, 0.717) is 18.4 Å². The van der Waals surface area contributed by atoms with Crippen LogP contribution in [0.1, 0.15) is 84.5 Å². The standard InChI is InChI=1S/C35H38N2O4/c1-3-4-12-32(34(40)36-31(21-33(38)39)29-16-15-26-10-7-11-28(26)20-29)37-22-23(2)17-30(35(37)41)19-24-13-14-25-8-5-6-9-27(25)18-24/h5-6,8-9,13-18,20,22,31-32H,3-4,7,10-12,19,21H2,1-2H3,(H,36,40)(H,38,39)/t31-,32?/m0/s1. The molecule has 0 bridgehead atoms. The fourth-order valence-electron chi connectivity index (χ4n) is 6.04. The minimum atomic E-state index is -0.980. The number of fused-ring (bicyclic) bond motifs is 2. The number of hydrogen-bond acceptors (Lipinski definition) is 3. The van der Waals surface area contributed by atoms with Gasteiger partial charge in [-0.15, -0.1) is 0 Å². The third-order valence-corrected chi connectivity index (χ3v) is 8.15. The predicted molar refractivity (Wildman–Crippen MR) is 162 cm³/mol. The number of aliphatic carboxylic acids is 1. The van der Waals surface area contributed by atoms with Crippen molar-refractivity contribution in [3.8, 4) is 0 Å². The van der Waals surface area contributed by atoms with Gasteiger partial charge in [-0.05, 0) is 77.3 Å². The average molecular weight is 551 g/mol. The molecule has 3 aromatic carbocycles. The zero-order valence-electron chi connectivity index (χ0n) is 23.9. The maximum absolute atomic E-state index is 13.9. The van der Waals surface area contributed by atoms with Crippen LogP contribution in [0.5, 0.6) is 0 Å². The number of nitrogens with zero attached hydrogens (tertiary/aromatic N) is 1. The van der Waals surface area contributed by atoms with Gasteiger partial charge in [-0.3, -0.25) is 14.4 Å². The number of carbonyl (C=O) groups excluding carboxylic acids is 1. The van der Waals surface area contributed by atoms with Gasteiger partial charge in [-0.25, -0.2) is 0 Å². The number of carboxylic acids is 1. The van der Waals surface area contributed by atoms with Crippen LogP contribution >= 0.6 is 0 Å². The molecule has 6 nitrogen and oxygen atoms in total. The Labute approximate surface area is 241 Å². The lowest BCUT2D eigenvalue weighted by Crippen LogP contribution is -2.40. The minimum absolute atomic E-state index is 0.188. The number of amides is 1. The van der Waals surface area contributed by atoms with Crippen molar-refractivity contribution in [3.05, 3.63) is 117 Å². The molecule has 0 radical (unpaired) electrons. The number of benzene rings is 3. The Morgan fingerprint density at radius 3 is 2.54 bits per heavy atom. The normalized spacial score (nSPS) is 14.0. The average Bonchev–Trinajstić information content (AvgIpc) is 3.43. The number of rotatable bonds is 11. The summed E-state index contributed by atoms with van der Waals surface area (Å²) in [5.74, 6) is -1.30. The predicted octanol–water partition coefficient (Wildman–Crippen LogP) is 6.45. The number of pyridine rings is 1. The first-order valence-corrected chi connectivity index (χ1v) is 14.7. The van der Waals surface area contributed by atoms with Crippen LogP contribution in [-0.2, 0) is 28.9 Å². The van der Waals surface area contributed by atoms with Gasteiger partial charge in [0.05, 0.1) is 12.5 Å². The molecule has 2 N–H and O–H groups in total. The van der Waals surface area contributed by atoms with E-state index in [1.807, 2.05) is 43.3 Å². The van der Waals surface area contributed by atoms with E-state index in [9.17, 15) is 19.5 Å². The van der Waals surface area contributed by atoms with Crippen LogP contribution < -0.4 is 10.9 Å². The maximum atomic E-state index is 13.9. The van der Waals surface area contributed by atoms with Crippen LogP contribution in [-0.4, -0.2) is 21.6 Å². The van der Waals surface area contributed by atoms with E-state index in [2.05, 4.69) is 42.6 Å². The summed E-state index contributed by atoms with van der Waals surface area (Å²) in [5, 5.41) is 15.0. The van der Waals surface area contributed by atoms with Crippen molar-refractivity contribution in [2.24, 2.45) is 0 Å². The molecule has 212 valence electrons. The SMILES string of the molecule is CCCCC(C(=O)N[C@@H](CC(=O)O)c1ccc2c(c1)CCC2)n1cc(C)cc(Cc2ccc3ccccc3c2)c1=O. The second kappa shape index (κ2) is 12.5. The van der Waals surface area contributed by atoms with Gasteiger partial charge in [-0.1, -0.05) is 80.4 Å². The molecule has 1 aromatic heterocycles. The maximum Gasteiger partial charge on any atom is 0.305 e. The third kappa shape index (κ3) is 6.59. The summed E-state index contributed by atoms with van der Waals surface area (Å²) in [6.07, 6.45) is 7.21. The van der Waals surface area contributed by atoms with Crippen LogP contribution in [0, 0.1) is 6.92 Å². The van der Waals surface area contributed by atoms with Crippen LogP contribution in [0.25, 0.3) is 10.8 Å². The zero-order chi connectivity index (χ0) is 28.9. The molecule has 1 aliphatic rings. The lowest BCUT2D eigenvalue weighted by atomic mass is 9.98. The number of aryl methyl sites for hydroxylation is 3. The number of hydrogen-bond donors (Lipinski definition) is 2. The van der Waals surface area contributed by atoms with Gasteiger partial charge in [-0.2, -0.15) is 0 Å². The number of unbranched alkanes of at least 4 members (excludes halogenated alkanes) is 1. The lowest BCUT2D eigenvalue weighted by Gasteiger charge is -2.25. The quantitative estimate of drug-likeness (QED) is 0.225. The molecule has 41 heavy (non-hydrogen) atoms. The first-order chi connectivity index (χ1) is 19.8. The van der Waals surface area contributed by atoms with Gasteiger partial charge < -0.3 is 15.0 Å². The highest BCUT2D eigenvalue weighted by Crippen LogP contribution is 2.28. The molecule has 1 unspecified atom stereocenters. The highest BCUT2D eigenvalue weighted by molar-refractivity contribution is 5.83. The Bertz CT molecular complexity index is 1640. The summed E-state index contributed by atoms with van der Waals surface area (Å²) in [6, 6.07) is 20.9. The summed E-state index contributed by atoms with van der Waals surface area (Å²) in [4.78, 5) is 39.5. The van der Waals surface area contributed by atoms with Gasteiger partial charge in [0.15, 0.2) is 0 Å². The minimum Gasteiger partial charge on any atom is -0.481 e. The summed E-state index contributed by atoms with van der Waals surface area (Å²) < 4.78 is 1.57. The van der Waals surface area contributed by atoms with E-state index in [1.165, 1.54) is 11.1 Å². The van der Waals surface area contributed by atoms with Crippen molar-refractivity contribution >= 4 is 22.6 Å². The van der Waals surface area contributed by atoms with Crippen molar-refractivity contribution in [1.82, 2.24) is 9.88 Å². The van der Waals surface area contributed by atoms with Crippen molar-refractivity contribution in [2.75, 3.05) is 0 Å². The number of aromatic nitrogens is 1. The first kappa shape index (κ1) is 28.3. The van der Waals surface area contributed by atoms with Gasteiger partial charge in [0.1, 0.15) is 6.04 Å². The second-order valence-corrected chi connectivity index (χ2v) is 11.3. The number of carboxylic acid groups (broad SMARTS) is 1. The summed E-state index contributed by atoms with van der Waals surface area (Å²) in [5.41, 5.74) is 5.69. The molecule has 0 spiro atoms. The van der Waals surface area contributed by atoms with Crippen molar-refractivity contribution in [2.45, 2.75) is 77.3 Å². The molecule has 0 fully saturated rings.